The first kappa shape index (κ1) is 38.4. The lowest BCUT2D eigenvalue weighted by Gasteiger charge is -2.04. The summed E-state index contributed by atoms with van der Waals surface area (Å²) in [4.78, 5) is 71.7. The van der Waals surface area contributed by atoms with Crippen LogP contribution in [-0.2, 0) is 16.0 Å². The van der Waals surface area contributed by atoms with Crippen LogP contribution in [0.1, 0.15) is 72.8 Å². The van der Waals surface area contributed by atoms with E-state index in [1.807, 2.05) is 6.07 Å². The molecule has 14 nitrogen and oxygen atoms in total. The summed E-state index contributed by atoms with van der Waals surface area (Å²) in [5.74, 6) is -5.37. The Morgan fingerprint density at radius 3 is 1.75 bits per heavy atom. The SMILES string of the molecule is CC(=O)O.CC(=O)c1ccccc1CCC(=O)O.Cc1ccc(C(=O)O)c(C(=O)O)c1.O=C(O)c1ccc(Cl)c([N+](=O)[O-])c1. The number of ketones is 1. The van der Waals surface area contributed by atoms with Gasteiger partial charge < -0.3 is 25.5 Å². The fourth-order valence-electron chi connectivity index (χ4n) is 3.13. The normalized spacial score (nSPS) is 9.36. The van der Waals surface area contributed by atoms with E-state index in [0.29, 0.717) is 12.0 Å². The Hall–Kier alpha value is -5.63. The molecule has 0 radical (unpaired) electrons. The molecule has 0 spiro atoms. The lowest BCUT2D eigenvalue weighted by Crippen LogP contribution is -2.07. The van der Waals surface area contributed by atoms with Crippen molar-refractivity contribution in [2.75, 3.05) is 0 Å². The number of aliphatic carboxylic acids is 2. The van der Waals surface area contributed by atoms with Gasteiger partial charge in [-0.2, -0.15) is 0 Å². The molecular formula is C29H28ClNO13. The Labute approximate surface area is 254 Å². The molecule has 0 saturated carbocycles. The van der Waals surface area contributed by atoms with E-state index in [1.54, 1.807) is 31.2 Å². The third-order valence-electron chi connectivity index (χ3n) is 5.03. The van der Waals surface area contributed by atoms with Crippen LogP contribution < -0.4 is 0 Å². The number of benzene rings is 3. The van der Waals surface area contributed by atoms with Crippen molar-refractivity contribution in [2.24, 2.45) is 0 Å². The average Bonchev–Trinajstić information content (AvgIpc) is 2.92. The average molecular weight is 634 g/mol. The number of hydrogen-bond acceptors (Lipinski definition) is 8. The van der Waals surface area contributed by atoms with Crippen LogP contribution in [0, 0.1) is 17.0 Å². The molecule has 0 heterocycles. The van der Waals surface area contributed by atoms with Gasteiger partial charge in [0.15, 0.2) is 5.78 Å². The second kappa shape index (κ2) is 18.7. The van der Waals surface area contributed by atoms with Gasteiger partial charge in [0, 0.05) is 25.0 Å². The van der Waals surface area contributed by atoms with Gasteiger partial charge in [0.05, 0.1) is 21.6 Å². The monoisotopic (exact) mass is 633 g/mol. The maximum Gasteiger partial charge on any atom is 0.336 e. The molecule has 5 N–H and O–H groups in total. The van der Waals surface area contributed by atoms with Gasteiger partial charge in [0.2, 0.25) is 0 Å². The number of aromatic carboxylic acids is 3. The molecule has 0 fully saturated rings. The zero-order valence-electron chi connectivity index (χ0n) is 23.5. The number of Topliss-reactive ketones (excluding diaryl/α,β-unsaturated/α-hetero) is 1. The smallest absolute Gasteiger partial charge is 0.336 e. The molecular weight excluding hydrogens is 606 g/mol. The van der Waals surface area contributed by atoms with E-state index in [0.717, 1.165) is 24.1 Å². The van der Waals surface area contributed by atoms with Crippen LogP contribution in [0.2, 0.25) is 5.02 Å². The second-order valence-corrected chi connectivity index (χ2v) is 8.92. The Kier molecular flexibility index (Phi) is 16.3. The summed E-state index contributed by atoms with van der Waals surface area (Å²) in [5, 5.41) is 52.0. The van der Waals surface area contributed by atoms with Crippen molar-refractivity contribution in [3.63, 3.8) is 0 Å². The number of nitro benzene ring substituents is 1. The predicted octanol–water partition coefficient (Wildman–Crippen LogP) is 5.34. The fraction of sp³-hybridized carbons (Fsp3) is 0.172. The number of rotatable bonds is 8. The largest absolute Gasteiger partial charge is 0.481 e. The Bertz CT molecular complexity index is 1550. The molecule has 0 amide bonds. The van der Waals surface area contributed by atoms with Gasteiger partial charge in [0.1, 0.15) is 5.02 Å². The summed E-state index contributed by atoms with van der Waals surface area (Å²) < 4.78 is 0. The standard InChI is InChI=1S/C11H12O3.C9H8O4.C7H4ClNO4.C2H4O2/c1-8(12)10-5-3-2-4-9(10)6-7-11(13)14;1-5-2-3-6(8(10)11)7(4-5)9(12)13;8-5-2-1-4(7(10)11)3-6(5)9(12)13;1-2(3)4/h2-5H,6-7H2,1H3,(H,13,14);2-4H,1H3,(H,10,11)(H,12,13);1-3H,(H,10,11);1H3,(H,3,4). The molecule has 3 rings (SSSR count). The van der Waals surface area contributed by atoms with Crippen LogP contribution in [0.5, 0.6) is 0 Å². The van der Waals surface area contributed by atoms with Crippen molar-refractivity contribution in [1.82, 2.24) is 0 Å². The van der Waals surface area contributed by atoms with Gasteiger partial charge in [-0.05, 0) is 50.1 Å². The van der Waals surface area contributed by atoms with Crippen molar-refractivity contribution in [1.29, 1.82) is 0 Å². The summed E-state index contributed by atoms with van der Waals surface area (Å²) >= 11 is 5.46. The van der Waals surface area contributed by atoms with Crippen LogP contribution in [0.4, 0.5) is 5.69 Å². The summed E-state index contributed by atoms with van der Waals surface area (Å²) in [5.41, 5.74) is 1.24. The molecule has 0 aliphatic heterocycles. The molecule has 0 atom stereocenters. The van der Waals surface area contributed by atoms with Crippen molar-refractivity contribution >= 4 is 52.9 Å². The van der Waals surface area contributed by atoms with E-state index in [-0.39, 0.29) is 33.9 Å². The zero-order valence-corrected chi connectivity index (χ0v) is 24.3. The molecule has 0 saturated heterocycles. The Morgan fingerprint density at radius 2 is 1.30 bits per heavy atom. The van der Waals surface area contributed by atoms with Gasteiger partial charge >= 0.3 is 23.9 Å². The number of hydrogen-bond donors (Lipinski definition) is 5. The molecule has 0 aliphatic carbocycles. The third kappa shape index (κ3) is 14.3. The number of halogens is 1. The second-order valence-electron chi connectivity index (χ2n) is 8.51. The fourth-order valence-corrected chi connectivity index (χ4v) is 3.32. The molecule has 0 unspecified atom stereocenters. The molecule has 3 aromatic rings. The highest BCUT2D eigenvalue weighted by Gasteiger charge is 2.16. The Morgan fingerprint density at radius 1 is 0.750 bits per heavy atom. The summed E-state index contributed by atoms with van der Waals surface area (Å²) in [7, 11) is 0. The van der Waals surface area contributed by atoms with Gasteiger partial charge in [-0.25, -0.2) is 14.4 Å². The van der Waals surface area contributed by atoms with E-state index in [9.17, 15) is 34.1 Å². The minimum atomic E-state index is -1.22. The lowest BCUT2D eigenvalue weighted by atomic mass is 10.0. The van der Waals surface area contributed by atoms with Crippen LogP contribution in [0.3, 0.4) is 0 Å². The summed E-state index contributed by atoms with van der Waals surface area (Å²) in [6, 6.07) is 14.6. The van der Waals surface area contributed by atoms with Crippen molar-refractivity contribution in [3.8, 4) is 0 Å². The highest BCUT2D eigenvalue weighted by Crippen LogP contribution is 2.24. The first-order valence-corrected chi connectivity index (χ1v) is 12.5. The third-order valence-corrected chi connectivity index (χ3v) is 5.35. The molecule has 0 aromatic heterocycles. The minimum absolute atomic E-state index is 0.0222. The topological polar surface area (TPSA) is 247 Å². The molecule has 44 heavy (non-hydrogen) atoms. The van der Waals surface area contributed by atoms with Crippen molar-refractivity contribution in [3.05, 3.63) is 109 Å². The van der Waals surface area contributed by atoms with E-state index < -0.39 is 40.5 Å². The minimum Gasteiger partial charge on any atom is -0.481 e. The number of carboxylic acid groups (broad SMARTS) is 5. The van der Waals surface area contributed by atoms with E-state index in [4.69, 9.17) is 41.9 Å². The molecule has 0 bridgehead atoms. The lowest BCUT2D eigenvalue weighted by molar-refractivity contribution is -0.384. The molecule has 234 valence electrons. The summed E-state index contributed by atoms with van der Waals surface area (Å²) in [6.45, 7) is 4.28. The molecule has 0 aliphatic rings. The predicted molar refractivity (Wildman–Crippen MR) is 156 cm³/mol. The number of nitrogens with zero attached hydrogens (tertiary/aromatic N) is 1. The summed E-state index contributed by atoms with van der Waals surface area (Å²) in [6.07, 6.45) is 0.468. The van der Waals surface area contributed by atoms with Crippen LogP contribution in [0.15, 0.2) is 60.7 Å². The number of aryl methyl sites for hydroxylation is 2. The number of carbonyl (C=O) groups is 6. The van der Waals surface area contributed by atoms with Gasteiger partial charge in [-0.15, -0.1) is 0 Å². The van der Waals surface area contributed by atoms with Crippen molar-refractivity contribution in [2.45, 2.75) is 33.6 Å². The number of carbonyl (C=O) groups excluding carboxylic acids is 1. The first-order chi connectivity index (χ1) is 20.4. The van der Waals surface area contributed by atoms with E-state index >= 15 is 0 Å². The molecule has 15 heteroatoms. The van der Waals surface area contributed by atoms with E-state index in [2.05, 4.69) is 0 Å². The number of nitro groups is 1. The highest BCUT2D eigenvalue weighted by atomic mass is 35.5. The molecule has 3 aromatic carbocycles. The van der Waals surface area contributed by atoms with Gasteiger partial charge in [-0.3, -0.25) is 24.5 Å². The zero-order chi connectivity index (χ0) is 34.1. The van der Waals surface area contributed by atoms with Crippen LogP contribution >= 0.6 is 11.6 Å². The van der Waals surface area contributed by atoms with Crippen LogP contribution in [0.25, 0.3) is 0 Å². The van der Waals surface area contributed by atoms with Crippen LogP contribution in [-0.4, -0.2) is 66.1 Å². The Balaban J connectivity index is 0.000000594. The number of carboxylic acids is 5. The maximum atomic E-state index is 11.2. The first-order valence-electron chi connectivity index (χ1n) is 12.1. The maximum absolute atomic E-state index is 11.2. The quantitative estimate of drug-likeness (QED) is 0.120. The van der Waals surface area contributed by atoms with Crippen molar-refractivity contribution < 1.29 is 59.2 Å². The van der Waals surface area contributed by atoms with E-state index in [1.165, 1.54) is 31.2 Å². The van der Waals surface area contributed by atoms with Gasteiger partial charge in [-0.1, -0.05) is 47.5 Å². The van der Waals surface area contributed by atoms with Gasteiger partial charge in [0.25, 0.3) is 11.7 Å². The highest BCUT2D eigenvalue weighted by molar-refractivity contribution is 6.32.